The minimum atomic E-state index is -3.58. The summed E-state index contributed by atoms with van der Waals surface area (Å²) < 4.78 is 29.4. The third-order valence-corrected chi connectivity index (χ3v) is 7.50. The van der Waals surface area contributed by atoms with Crippen molar-refractivity contribution in [2.24, 2.45) is 0 Å². The Bertz CT molecular complexity index is 1170. The number of benzene rings is 2. The van der Waals surface area contributed by atoms with Crippen molar-refractivity contribution in [2.45, 2.75) is 37.6 Å². The molecule has 1 N–H and O–H groups in total. The quantitative estimate of drug-likeness (QED) is 0.636. The Kier molecular flexibility index (Phi) is 6.20. The molecule has 2 heterocycles. The number of aromatic nitrogens is 2. The Morgan fingerprint density at radius 2 is 1.81 bits per heavy atom. The molecule has 0 radical (unpaired) electrons. The van der Waals surface area contributed by atoms with Gasteiger partial charge in [-0.3, -0.25) is 9.48 Å². The minimum Gasteiger partial charge on any atom is -0.322 e. The highest BCUT2D eigenvalue weighted by molar-refractivity contribution is 7.89. The summed E-state index contributed by atoms with van der Waals surface area (Å²) in [4.78, 5) is 12.9. The molecule has 8 heteroatoms. The second-order valence-corrected chi connectivity index (χ2v) is 9.72. The van der Waals surface area contributed by atoms with E-state index < -0.39 is 10.0 Å². The van der Waals surface area contributed by atoms with Crippen molar-refractivity contribution in [1.29, 1.82) is 0 Å². The standard InChI is InChI=1S/C23H26N4O3S/c1-18-10-11-21(14-22(18)31(29,30)27-12-6-3-7-13-27)25-23(28)20-15-24-26(17-20)16-19-8-4-2-5-9-19/h2,4-5,8-11,14-15,17H,3,6-7,12-13,16H2,1H3,(H,25,28). The highest BCUT2D eigenvalue weighted by Gasteiger charge is 2.27. The van der Waals surface area contributed by atoms with Crippen LogP contribution in [0.1, 0.15) is 40.7 Å². The molecule has 1 aliphatic rings. The third kappa shape index (κ3) is 4.86. The van der Waals surface area contributed by atoms with Crippen LogP contribution in [-0.2, 0) is 16.6 Å². The third-order valence-electron chi connectivity index (χ3n) is 5.46. The molecule has 0 spiro atoms. The molecular formula is C23H26N4O3S. The summed E-state index contributed by atoms with van der Waals surface area (Å²) in [6.07, 6.45) is 6.00. The van der Waals surface area contributed by atoms with E-state index in [0.29, 0.717) is 36.4 Å². The molecule has 1 aromatic heterocycles. The van der Waals surface area contributed by atoms with E-state index >= 15 is 0 Å². The maximum Gasteiger partial charge on any atom is 0.258 e. The Morgan fingerprint density at radius 1 is 1.06 bits per heavy atom. The average Bonchev–Trinajstić information content (AvgIpc) is 3.25. The minimum absolute atomic E-state index is 0.243. The van der Waals surface area contributed by atoms with Crippen molar-refractivity contribution in [3.8, 4) is 0 Å². The number of carbonyl (C=O) groups excluding carboxylic acids is 1. The molecule has 1 aliphatic heterocycles. The van der Waals surface area contributed by atoms with Gasteiger partial charge in [-0.15, -0.1) is 0 Å². The van der Waals surface area contributed by atoms with E-state index in [0.717, 1.165) is 24.8 Å². The van der Waals surface area contributed by atoms with Crippen LogP contribution in [-0.4, -0.2) is 41.5 Å². The zero-order valence-corrected chi connectivity index (χ0v) is 18.3. The van der Waals surface area contributed by atoms with Crippen molar-refractivity contribution >= 4 is 21.6 Å². The molecule has 31 heavy (non-hydrogen) atoms. The molecule has 0 atom stereocenters. The van der Waals surface area contributed by atoms with E-state index in [2.05, 4.69) is 10.4 Å². The fourth-order valence-corrected chi connectivity index (χ4v) is 5.51. The van der Waals surface area contributed by atoms with Crippen molar-refractivity contribution in [1.82, 2.24) is 14.1 Å². The maximum atomic E-state index is 13.1. The van der Waals surface area contributed by atoms with Crippen molar-refractivity contribution < 1.29 is 13.2 Å². The fourth-order valence-electron chi connectivity index (χ4n) is 3.74. The van der Waals surface area contributed by atoms with Gasteiger partial charge in [-0.2, -0.15) is 9.40 Å². The first-order chi connectivity index (χ1) is 14.9. The van der Waals surface area contributed by atoms with Gasteiger partial charge in [0.05, 0.1) is 23.2 Å². The van der Waals surface area contributed by atoms with Crippen LogP contribution < -0.4 is 5.32 Å². The van der Waals surface area contributed by atoms with E-state index in [1.165, 1.54) is 10.5 Å². The Morgan fingerprint density at radius 3 is 2.55 bits per heavy atom. The predicted octanol–water partition coefficient (Wildman–Crippen LogP) is 3.67. The monoisotopic (exact) mass is 438 g/mol. The van der Waals surface area contributed by atoms with Crippen molar-refractivity contribution in [2.75, 3.05) is 18.4 Å². The molecule has 0 saturated carbocycles. The van der Waals surface area contributed by atoms with Crippen LogP contribution in [0.25, 0.3) is 0 Å². The molecule has 1 saturated heterocycles. The maximum absolute atomic E-state index is 13.1. The van der Waals surface area contributed by atoms with Gasteiger partial charge in [0, 0.05) is 25.0 Å². The summed E-state index contributed by atoms with van der Waals surface area (Å²) in [5.74, 6) is -0.329. The molecule has 162 valence electrons. The summed E-state index contributed by atoms with van der Waals surface area (Å²) in [6, 6.07) is 14.9. The lowest BCUT2D eigenvalue weighted by Gasteiger charge is -2.26. The van der Waals surface area contributed by atoms with Gasteiger partial charge >= 0.3 is 0 Å². The zero-order valence-electron chi connectivity index (χ0n) is 17.5. The molecule has 4 rings (SSSR count). The second-order valence-electron chi connectivity index (χ2n) is 7.81. The van der Waals surface area contributed by atoms with Gasteiger partial charge in [0.1, 0.15) is 0 Å². The summed E-state index contributed by atoms with van der Waals surface area (Å²) in [5.41, 5.74) is 2.61. The first-order valence-electron chi connectivity index (χ1n) is 10.4. The van der Waals surface area contributed by atoms with Crippen LogP contribution in [0.2, 0.25) is 0 Å². The Balaban J connectivity index is 1.49. The highest BCUT2D eigenvalue weighted by Crippen LogP contribution is 2.26. The smallest absolute Gasteiger partial charge is 0.258 e. The second kappa shape index (κ2) is 9.03. The topological polar surface area (TPSA) is 84.3 Å². The predicted molar refractivity (Wildman–Crippen MR) is 120 cm³/mol. The van der Waals surface area contributed by atoms with Crippen LogP contribution in [0.15, 0.2) is 65.8 Å². The van der Waals surface area contributed by atoms with E-state index in [9.17, 15) is 13.2 Å². The number of hydrogen-bond donors (Lipinski definition) is 1. The van der Waals surface area contributed by atoms with Gasteiger partial charge in [0.15, 0.2) is 0 Å². The van der Waals surface area contributed by atoms with E-state index in [4.69, 9.17) is 0 Å². The average molecular weight is 439 g/mol. The number of piperidine rings is 1. The van der Waals surface area contributed by atoms with E-state index in [-0.39, 0.29) is 10.8 Å². The van der Waals surface area contributed by atoms with Crippen LogP contribution in [0.5, 0.6) is 0 Å². The van der Waals surface area contributed by atoms with E-state index in [1.807, 2.05) is 30.3 Å². The molecule has 0 aliphatic carbocycles. The lowest BCUT2D eigenvalue weighted by atomic mass is 10.2. The van der Waals surface area contributed by atoms with Gasteiger partial charge in [-0.1, -0.05) is 42.8 Å². The van der Waals surface area contributed by atoms with Crippen LogP contribution in [0, 0.1) is 6.92 Å². The molecule has 3 aromatic rings. The number of rotatable bonds is 6. The van der Waals surface area contributed by atoms with Crippen molar-refractivity contribution in [3.05, 3.63) is 77.6 Å². The lowest BCUT2D eigenvalue weighted by molar-refractivity contribution is 0.102. The summed E-state index contributed by atoms with van der Waals surface area (Å²) in [7, 11) is -3.58. The molecule has 7 nitrogen and oxygen atoms in total. The largest absolute Gasteiger partial charge is 0.322 e. The van der Waals surface area contributed by atoms with Gasteiger partial charge < -0.3 is 5.32 Å². The number of carbonyl (C=O) groups is 1. The molecule has 1 fully saturated rings. The molecule has 2 aromatic carbocycles. The first-order valence-corrected chi connectivity index (χ1v) is 11.9. The van der Waals surface area contributed by atoms with E-state index in [1.54, 1.807) is 36.0 Å². The van der Waals surface area contributed by atoms with Gasteiger partial charge in [-0.25, -0.2) is 8.42 Å². The normalized spacial score (nSPS) is 15.0. The van der Waals surface area contributed by atoms with Gasteiger partial charge in [0.2, 0.25) is 10.0 Å². The lowest BCUT2D eigenvalue weighted by Crippen LogP contribution is -2.36. The molecule has 0 bridgehead atoms. The number of hydrogen-bond acceptors (Lipinski definition) is 4. The van der Waals surface area contributed by atoms with Gasteiger partial charge in [-0.05, 0) is 43.0 Å². The number of nitrogens with zero attached hydrogens (tertiary/aromatic N) is 3. The molecular weight excluding hydrogens is 412 g/mol. The zero-order chi connectivity index (χ0) is 21.8. The summed E-state index contributed by atoms with van der Waals surface area (Å²) >= 11 is 0. The number of nitrogens with one attached hydrogen (secondary N) is 1. The number of sulfonamides is 1. The molecule has 0 unspecified atom stereocenters. The molecule has 1 amide bonds. The van der Waals surface area contributed by atoms with Crippen LogP contribution in [0.3, 0.4) is 0 Å². The first kappa shape index (κ1) is 21.3. The Labute approximate surface area is 182 Å². The van der Waals surface area contributed by atoms with Gasteiger partial charge in [0.25, 0.3) is 5.91 Å². The number of amides is 1. The number of aryl methyl sites for hydroxylation is 1. The van der Waals surface area contributed by atoms with Crippen LogP contribution >= 0.6 is 0 Å². The highest BCUT2D eigenvalue weighted by atomic mass is 32.2. The van der Waals surface area contributed by atoms with Crippen molar-refractivity contribution in [3.63, 3.8) is 0 Å². The summed E-state index contributed by atoms with van der Waals surface area (Å²) in [5, 5.41) is 7.06. The fraction of sp³-hybridized carbons (Fsp3) is 0.304. The van der Waals surface area contributed by atoms with Crippen LogP contribution in [0.4, 0.5) is 5.69 Å². The Hall–Kier alpha value is -2.97. The number of anilines is 1. The summed E-state index contributed by atoms with van der Waals surface area (Å²) in [6.45, 7) is 3.42. The SMILES string of the molecule is Cc1ccc(NC(=O)c2cnn(Cc3ccccc3)c2)cc1S(=O)(=O)N1CCCCC1.